The number of anilines is 1. The SMILES string of the molecule is [C-]#[N+]c1ccc2c(n1)c(N1C[C@@H](CC)N(C(C)c3ccc(OC)cc3)C[C@@H]1CC)nc(=O)n2C. The van der Waals surface area contributed by atoms with Gasteiger partial charge < -0.3 is 14.5 Å². The number of nitrogens with zero attached hydrogens (tertiary/aromatic N) is 6. The smallest absolute Gasteiger partial charge is 0.350 e. The van der Waals surface area contributed by atoms with E-state index in [2.05, 4.69) is 57.5 Å². The summed E-state index contributed by atoms with van der Waals surface area (Å²) in [5.74, 6) is 1.75. The molecule has 1 unspecified atom stereocenters. The molecule has 0 spiro atoms. The van der Waals surface area contributed by atoms with Crippen LogP contribution in [0.3, 0.4) is 0 Å². The first-order valence-corrected chi connectivity index (χ1v) is 11.8. The Bertz CT molecular complexity index is 1260. The van der Waals surface area contributed by atoms with Gasteiger partial charge in [-0.25, -0.2) is 4.79 Å². The van der Waals surface area contributed by atoms with E-state index in [9.17, 15) is 4.79 Å². The molecule has 0 N–H and O–H groups in total. The van der Waals surface area contributed by atoms with Crippen LogP contribution in [0.15, 0.2) is 41.2 Å². The highest BCUT2D eigenvalue weighted by molar-refractivity contribution is 5.87. The van der Waals surface area contributed by atoms with E-state index in [-0.39, 0.29) is 23.8 Å². The van der Waals surface area contributed by atoms with Crippen LogP contribution in [0.5, 0.6) is 5.75 Å². The predicted octanol–water partition coefficient (Wildman–Crippen LogP) is 4.33. The summed E-state index contributed by atoms with van der Waals surface area (Å²) >= 11 is 0. The van der Waals surface area contributed by atoms with Crippen LogP contribution in [0.25, 0.3) is 15.9 Å². The van der Waals surface area contributed by atoms with Crippen LogP contribution in [0.4, 0.5) is 11.6 Å². The zero-order valence-corrected chi connectivity index (χ0v) is 20.5. The molecule has 3 aromatic rings. The molecule has 0 aliphatic carbocycles. The second-order valence-corrected chi connectivity index (χ2v) is 8.85. The van der Waals surface area contributed by atoms with Gasteiger partial charge in [0.15, 0.2) is 5.82 Å². The molecule has 1 fully saturated rings. The third kappa shape index (κ3) is 4.24. The molecule has 178 valence electrons. The summed E-state index contributed by atoms with van der Waals surface area (Å²) in [5, 5.41) is 0. The lowest BCUT2D eigenvalue weighted by atomic mass is 9.97. The summed E-state index contributed by atoms with van der Waals surface area (Å²) in [7, 11) is 3.38. The molecule has 1 aromatic carbocycles. The van der Waals surface area contributed by atoms with Crippen LogP contribution in [0.1, 0.15) is 45.2 Å². The van der Waals surface area contributed by atoms with Gasteiger partial charge in [-0.3, -0.25) is 9.47 Å². The van der Waals surface area contributed by atoms with Gasteiger partial charge in [0.05, 0.1) is 12.6 Å². The fourth-order valence-corrected chi connectivity index (χ4v) is 4.95. The molecular formula is C26H32N6O2. The normalized spacial score (nSPS) is 19.7. The molecule has 1 saturated heterocycles. The molecule has 3 atom stereocenters. The van der Waals surface area contributed by atoms with Gasteiger partial charge >= 0.3 is 5.69 Å². The number of aryl methyl sites for hydroxylation is 1. The van der Waals surface area contributed by atoms with Crippen molar-refractivity contribution in [2.45, 2.75) is 51.7 Å². The van der Waals surface area contributed by atoms with Crippen molar-refractivity contribution in [2.75, 3.05) is 25.1 Å². The van der Waals surface area contributed by atoms with E-state index in [4.69, 9.17) is 11.3 Å². The zero-order chi connectivity index (χ0) is 24.4. The monoisotopic (exact) mass is 460 g/mol. The number of ether oxygens (including phenoxy) is 1. The van der Waals surface area contributed by atoms with Crippen LogP contribution in [0.2, 0.25) is 0 Å². The molecule has 0 radical (unpaired) electrons. The Morgan fingerprint density at radius 3 is 2.41 bits per heavy atom. The number of fused-ring (bicyclic) bond motifs is 1. The van der Waals surface area contributed by atoms with Gasteiger partial charge in [0.1, 0.15) is 5.75 Å². The summed E-state index contributed by atoms with van der Waals surface area (Å²) < 4.78 is 6.82. The summed E-state index contributed by atoms with van der Waals surface area (Å²) in [6.07, 6.45) is 1.88. The quantitative estimate of drug-likeness (QED) is 0.510. The number of hydrogen-bond acceptors (Lipinski definition) is 6. The summed E-state index contributed by atoms with van der Waals surface area (Å²) in [6, 6.07) is 12.4. The summed E-state index contributed by atoms with van der Waals surface area (Å²) in [4.78, 5) is 30.0. The van der Waals surface area contributed by atoms with E-state index in [1.165, 1.54) is 10.1 Å². The molecule has 0 bridgehead atoms. The number of piperazine rings is 1. The second kappa shape index (κ2) is 9.82. The molecular weight excluding hydrogens is 428 g/mol. The lowest BCUT2D eigenvalue weighted by Crippen LogP contribution is -2.59. The van der Waals surface area contributed by atoms with Gasteiger partial charge in [-0.2, -0.15) is 4.98 Å². The summed E-state index contributed by atoms with van der Waals surface area (Å²) in [5.41, 5.74) is 2.25. The van der Waals surface area contributed by atoms with E-state index in [1.807, 2.05) is 12.1 Å². The maximum atomic E-state index is 12.7. The molecule has 2 aromatic heterocycles. The van der Waals surface area contributed by atoms with Crippen molar-refractivity contribution in [1.29, 1.82) is 0 Å². The van der Waals surface area contributed by atoms with E-state index < -0.39 is 0 Å². The van der Waals surface area contributed by atoms with Crippen molar-refractivity contribution in [2.24, 2.45) is 7.05 Å². The largest absolute Gasteiger partial charge is 0.497 e. The minimum atomic E-state index is -0.309. The van der Waals surface area contributed by atoms with Gasteiger partial charge in [-0.15, -0.1) is 4.98 Å². The first kappa shape index (κ1) is 23.7. The lowest BCUT2D eigenvalue weighted by Gasteiger charge is -2.49. The highest BCUT2D eigenvalue weighted by Gasteiger charge is 2.37. The number of benzene rings is 1. The second-order valence-electron chi connectivity index (χ2n) is 8.85. The highest BCUT2D eigenvalue weighted by atomic mass is 16.5. The van der Waals surface area contributed by atoms with Crippen LogP contribution in [0, 0.1) is 6.57 Å². The third-order valence-electron chi connectivity index (χ3n) is 7.08. The molecule has 3 heterocycles. The van der Waals surface area contributed by atoms with Gasteiger partial charge in [0.25, 0.3) is 5.82 Å². The number of rotatable bonds is 6. The van der Waals surface area contributed by atoms with Gasteiger partial charge in [-0.1, -0.05) is 32.6 Å². The Labute approximate surface area is 200 Å². The van der Waals surface area contributed by atoms with E-state index in [1.54, 1.807) is 26.3 Å². The van der Waals surface area contributed by atoms with Crippen molar-refractivity contribution < 1.29 is 4.74 Å². The molecule has 0 saturated carbocycles. The van der Waals surface area contributed by atoms with E-state index in [0.717, 1.165) is 31.7 Å². The van der Waals surface area contributed by atoms with Gasteiger partial charge in [-0.05, 0) is 49.6 Å². The fraction of sp³-hybridized carbons (Fsp3) is 0.462. The Morgan fingerprint density at radius 2 is 1.79 bits per heavy atom. The Balaban J connectivity index is 1.73. The minimum Gasteiger partial charge on any atom is -0.497 e. The number of aromatic nitrogens is 3. The van der Waals surface area contributed by atoms with Gasteiger partial charge in [0, 0.05) is 38.3 Å². The molecule has 8 heteroatoms. The average Bonchev–Trinajstić information content (AvgIpc) is 2.89. The Hall–Kier alpha value is -3.44. The zero-order valence-electron chi connectivity index (χ0n) is 20.5. The Kier molecular flexibility index (Phi) is 6.85. The fourth-order valence-electron chi connectivity index (χ4n) is 4.95. The highest BCUT2D eigenvalue weighted by Crippen LogP contribution is 2.34. The molecule has 1 aliphatic rings. The number of methoxy groups -OCH3 is 1. The van der Waals surface area contributed by atoms with Crippen molar-refractivity contribution in [3.8, 4) is 5.75 Å². The van der Waals surface area contributed by atoms with Gasteiger partial charge in [0.2, 0.25) is 5.52 Å². The van der Waals surface area contributed by atoms with Crippen molar-refractivity contribution in [1.82, 2.24) is 19.4 Å². The van der Waals surface area contributed by atoms with Crippen molar-refractivity contribution in [3.63, 3.8) is 0 Å². The molecule has 0 amide bonds. The topological polar surface area (TPSA) is 67.9 Å². The molecule has 4 rings (SSSR count). The maximum Gasteiger partial charge on any atom is 0.350 e. The van der Waals surface area contributed by atoms with Crippen LogP contribution >= 0.6 is 0 Å². The average molecular weight is 461 g/mol. The first-order chi connectivity index (χ1) is 16.4. The van der Waals surface area contributed by atoms with Crippen molar-refractivity contribution >= 4 is 22.7 Å². The Morgan fingerprint density at radius 1 is 1.09 bits per heavy atom. The molecule has 34 heavy (non-hydrogen) atoms. The standard InChI is InChI=1S/C26H32N6O2/c1-7-19-16-32(25-24-22(30(5)26(33)29-25)13-14-23(27-4)28-24)20(8-2)15-31(19)17(3)18-9-11-21(34-6)12-10-18/h9-14,17,19-20H,7-8,15-16H2,1-3,5-6H3/t17?,19-,20+/m1/s1. The summed E-state index contributed by atoms with van der Waals surface area (Å²) in [6.45, 7) is 15.6. The van der Waals surface area contributed by atoms with E-state index in [0.29, 0.717) is 22.7 Å². The van der Waals surface area contributed by atoms with E-state index >= 15 is 0 Å². The van der Waals surface area contributed by atoms with Crippen LogP contribution in [-0.2, 0) is 7.05 Å². The van der Waals surface area contributed by atoms with Crippen LogP contribution < -0.4 is 15.3 Å². The molecule has 8 nitrogen and oxygen atoms in total. The van der Waals surface area contributed by atoms with Crippen molar-refractivity contribution in [3.05, 3.63) is 63.9 Å². The first-order valence-electron chi connectivity index (χ1n) is 11.8. The number of hydrogen-bond donors (Lipinski definition) is 0. The minimum absolute atomic E-state index is 0.171. The molecule has 1 aliphatic heterocycles. The lowest BCUT2D eigenvalue weighted by molar-refractivity contribution is 0.101. The maximum absolute atomic E-state index is 12.7. The number of pyridine rings is 1. The third-order valence-corrected chi connectivity index (χ3v) is 7.08. The predicted molar refractivity (Wildman–Crippen MR) is 135 cm³/mol. The van der Waals surface area contributed by atoms with Crippen LogP contribution in [-0.4, -0.2) is 51.7 Å².